The molecule has 0 unspecified atom stereocenters. The average molecular weight is 395 g/mol. The van der Waals surface area contributed by atoms with E-state index in [4.69, 9.17) is 9.15 Å². The van der Waals surface area contributed by atoms with Crippen LogP contribution in [0.2, 0.25) is 0 Å². The van der Waals surface area contributed by atoms with Gasteiger partial charge in [0.05, 0.1) is 25.0 Å². The number of anilines is 2. The average Bonchev–Trinajstić information content (AvgIpc) is 3.23. The Hall–Kier alpha value is -3.19. The van der Waals surface area contributed by atoms with Gasteiger partial charge in [-0.2, -0.15) is 0 Å². The zero-order valence-electron chi connectivity index (χ0n) is 15.9. The lowest BCUT2D eigenvalue weighted by atomic mass is 10.2. The number of halogens is 1. The first kappa shape index (κ1) is 19.1. The number of aryl methyl sites for hydroxylation is 1. The Balaban J connectivity index is 1.30. The number of oxazole rings is 1. The number of amides is 1. The first-order valence-corrected chi connectivity index (χ1v) is 9.61. The number of carbonyl (C=O) groups is 1. The third kappa shape index (κ3) is 4.81. The molecule has 0 saturated carbocycles. The molecule has 0 bridgehead atoms. The summed E-state index contributed by atoms with van der Waals surface area (Å²) >= 11 is 0. The number of nitrogens with zero attached hydrogens (tertiary/aromatic N) is 2. The van der Waals surface area contributed by atoms with E-state index in [0.717, 1.165) is 37.7 Å². The Bertz CT molecular complexity index is 965. The van der Waals surface area contributed by atoms with Crippen molar-refractivity contribution >= 4 is 17.3 Å². The van der Waals surface area contributed by atoms with Gasteiger partial charge >= 0.3 is 0 Å². The number of aromatic nitrogens is 1. The maximum absolute atomic E-state index is 13.8. The molecule has 1 aliphatic rings. The van der Waals surface area contributed by atoms with Crippen molar-refractivity contribution in [1.82, 2.24) is 4.98 Å². The molecule has 0 atom stereocenters. The molecule has 1 N–H and O–H groups in total. The minimum atomic E-state index is -0.367. The number of nitrogens with one attached hydrogen (secondary N) is 1. The van der Waals surface area contributed by atoms with Gasteiger partial charge in [-0.05, 0) is 36.4 Å². The van der Waals surface area contributed by atoms with Gasteiger partial charge in [0.25, 0.3) is 0 Å². The molecule has 1 amide bonds. The van der Waals surface area contributed by atoms with Crippen molar-refractivity contribution in [3.8, 4) is 11.3 Å². The van der Waals surface area contributed by atoms with Crippen LogP contribution in [0.4, 0.5) is 15.8 Å². The summed E-state index contributed by atoms with van der Waals surface area (Å²) < 4.78 is 24.8. The zero-order valence-corrected chi connectivity index (χ0v) is 15.9. The van der Waals surface area contributed by atoms with E-state index < -0.39 is 0 Å². The summed E-state index contributed by atoms with van der Waals surface area (Å²) in [7, 11) is 0. The molecule has 0 radical (unpaired) electrons. The Morgan fingerprint density at radius 1 is 1.10 bits per heavy atom. The Labute approximate surface area is 168 Å². The van der Waals surface area contributed by atoms with Crippen molar-refractivity contribution < 1.29 is 18.3 Å². The molecule has 29 heavy (non-hydrogen) atoms. The molecule has 1 aliphatic heterocycles. The number of morpholine rings is 1. The van der Waals surface area contributed by atoms with Gasteiger partial charge in [-0.25, -0.2) is 9.37 Å². The van der Waals surface area contributed by atoms with Crippen LogP contribution in [0.25, 0.3) is 11.3 Å². The number of benzene rings is 2. The number of hydrogen-bond donors (Lipinski definition) is 1. The van der Waals surface area contributed by atoms with Gasteiger partial charge in [0, 0.05) is 37.3 Å². The van der Waals surface area contributed by atoms with Crippen LogP contribution >= 0.6 is 0 Å². The van der Waals surface area contributed by atoms with E-state index in [1.807, 2.05) is 24.3 Å². The molecule has 3 aromatic rings. The third-order valence-electron chi connectivity index (χ3n) is 4.79. The molecular weight excluding hydrogens is 373 g/mol. The molecule has 1 fully saturated rings. The number of hydrogen-bond acceptors (Lipinski definition) is 5. The summed E-state index contributed by atoms with van der Waals surface area (Å²) in [6.45, 7) is 3.21. The first-order chi connectivity index (χ1) is 14.2. The third-order valence-corrected chi connectivity index (χ3v) is 4.79. The highest BCUT2D eigenvalue weighted by atomic mass is 19.1. The number of ether oxygens (including phenoxy) is 1. The quantitative estimate of drug-likeness (QED) is 0.686. The van der Waals surface area contributed by atoms with Crippen LogP contribution < -0.4 is 10.2 Å². The molecule has 2 aromatic carbocycles. The SMILES string of the molecule is O=C(CCc1ncc(-c2ccccc2F)o1)Nc1ccc(N2CCOCC2)cc1. The van der Waals surface area contributed by atoms with E-state index >= 15 is 0 Å². The van der Waals surface area contributed by atoms with E-state index in [2.05, 4.69) is 15.2 Å². The van der Waals surface area contributed by atoms with Crippen LogP contribution in [-0.2, 0) is 16.0 Å². The molecule has 0 spiro atoms. The normalized spacial score (nSPS) is 14.0. The summed E-state index contributed by atoms with van der Waals surface area (Å²) in [6, 6.07) is 14.1. The summed E-state index contributed by atoms with van der Waals surface area (Å²) in [5.74, 6) is 0.265. The van der Waals surface area contributed by atoms with Crippen molar-refractivity contribution in [2.45, 2.75) is 12.8 Å². The second-order valence-electron chi connectivity index (χ2n) is 6.79. The predicted molar refractivity (Wildman–Crippen MR) is 108 cm³/mol. The maximum Gasteiger partial charge on any atom is 0.224 e. The fourth-order valence-corrected chi connectivity index (χ4v) is 3.23. The highest BCUT2D eigenvalue weighted by Gasteiger charge is 2.13. The van der Waals surface area contributed by atoms with Crippen LogP contribution in [0.3, 0.4) is 0 Å². The number of carbonyl (C=O) groups excluding carboxylic acids is 1. The van der Waals surface area contributed by atoms with E-state index in [9.17, 15) is 9.18 Å². The Morgan fingerprint density at radius 2 is 1.86 bits per heavy atom. The smallest absolute Gasteiger partial charge is 0.224 e. The van der Waals surface area contributed by atoms with Crippen LogP contribution in [0, 0.1) is 5.82 Å². The Kier molecular flexibility index (Phi) is 5.86. The highest BCUT2D eigenvalue weighted by molar-refractivity contribution is 5.91. The summed E-state index contributed by atoms with van der Waals surface area (Å²) in [5, 5.41) is 2.88. The number of rotatable bonds is 6. The fourth-order valence-electron chi connectivity index (χ4n) is 3.23. The van der Waals surface area contributed by atoms with Crippen molar-refractivity contribution in [2.75, 3.05) is 36.5 Å². The fraction of sp³-hybridized carbons (Fsp3) is 0.273. The van der Waals surface area contributed by atoms with E-state index in [-0.39, 0.29) is 18.1 Å². The molecule has 2 heterocycles. The standard InChI is InChI=1S/C22H22FN3O3/c23-19-4-2-1-3-18(19)20-15-24-22(29-20)10-9-21(27)25-16-5-7-17(8-6-16)26-11-13-28-14-12-26/h1-8,15H,9-14H2,(H,25,27). The second-order valence-corrected chi connectivity index (χ2v) is 6.79. The van der Waals surface area contributed by atoms with Crippen LogP contribution in [-0.4, -0.2) is 37.2 Å². The maximum atomic E-state index is 13.8. The van der Waals surface area contributed by atoms with E-state index in [1.54, 1.807) is 18.2 Å². The van der Waals surface area contributed by atoms with Gasteiger partial charge < -0.3 is 19.4 Å². The Morgan fingerprint density at radius 3 is 2.62 bits per heavy atom. The van der Waals surface area contributed by atoms with Gasteiger partial charge in [-0.3, -0.25) is 4.79 Å². The van der Waals surface area contributed by atoms with Gasteiger partial charge in [0.1, 0.15) is 5.82 Å². The topological polar surface area (TPSA) is 67.6 Å². The lowest BCUT2D eigenvalue weighted by Gasteiger charge is -2.28. The monoisotopic (exact) mass is 395 g/mol. The molecule has 0 aliphatic carbocycles. The van der Waals surface area contributed by atoms with Gasteiger partial charge in [0.2, 0.25) is 5.91 Å². The lowest BCUT2D eigenvalue weighted by molar-refractivity contribution is -0.116. The predicted octanol–water partition coefficient (Wildman–Crippen LogP) is 3.89. The van der Waals surface area contributed by atoms with E-state index in [1.165, 1.54) is 12.3 Å². The van der Waals surface area contributed by atoms with Crippen molar-refractivity contribution in [3.05, 3.63) is 66.4 Å². The molecule has 4 rings (SSSR count). The lowest BCUT2D eigenvalue weighted by Crippen LogP contribution is -2.36. The molecule has 7 heteroatoms. The first-order valence-electron chi connectivity index (χ1n) is 9.61. The van der Waals surface area contributed by atoms with Crippen molar-refractivity contribution in [2.24, 2.45) is 0 Å². The zero-order chi connectivity index (χ0) is 20.1. The van der Waals surface area contributed by atoms with Crippen LogP contribution in [0.15, 0.2) is 59.1 Å². The summed E-state index contributed by atoms with van der Waals surface area (Å²) in [4.78, 5) is 18.6. The molecule has 150 valence electrons. The van der Waals surface area contributed by atoms with Crippen LogP contribution in [0.5, 0.6) is 0 Å². The van der Waals surface area contributed by atoms with Gasteiger partial charge in [0.15, 0.2) is 11.7 Å². The minimum Gasteiger partial charge on any atom is -0.441 e. The highest BCUT2D eigenvalue weighted by Crippen LogP contribution is 2.24. The van der Waals surface area contributed by atoms with Crippen LogP contribution in [0.1, 0.15) is 12.3 Å². The second kappa shape index (κ2) is 8.87. The minimum absolute atomic E-state index is 0.130. The van der Waals surface area contributed by atoms with Gasteiger partial charge in [-0.1, -0.05) is 12.1 Å². The molecule has 6 nitrogen and oxygen atoms in total. The van der Waals surface area contributed by atoms with Crippen molar-refractivity contribution in [1.29, 1.82) is 0 Å². The largest absolute Gasteiger partial charge is 0.441 e. The van der Waals surface area contributed by atoms with Gasteiger partial charge in [-0.15, -0.1) is 0 Å². The summed E-state index contributed by atoms with van der Waals surface area (Å²) in [6.07, 6.45) is 2.05. The van der Waals surface area contributed by atoms with Crippen molar-refractivity contribution in [3.63, 3.8) is 0 Å². The van der Waals surface area contributed by atoms with E-state index in [0.29, 0.717) is 23.6 Å². The molecule has 1 saturated heterocycles. The molecule has 1 aromatic heterocycles. The summed E-state index contributed by atoms with van der Waals surface area (Å²) in [5.41, 5.74) is 2.22. The molecular formula is C22H22FN3O3.